The molecule has 2 heterocycles. The molecule has 0 aliphatic carbocycles. The van der Waals surface area contributed by atoms with Crippen LogP contribution in [0, 0.1) is 0 Å². The second kappa shape index (κ2) is 4.85. The third-order valence-corrected chi connectivity index (χ3v) is 5.98. The van der Waals surface area contributed by atoms with Gasteiger partial charge in [-0.2, -0.15) is 0 Å². The Labute approximate surface area is 132 Å². The van der Waals surface area contributed by atoms with Crippen LogP contribution in [0.4, 0.5) is 0 Å². The Kier molecular flexibility index (Phi) is 3.09. The number of halogens is 1. The van der Waals surface area contributed by atoms with E-state index in [9.17, 15) is 0 Å². The van der Waals surface area contributed by atoms with Crippen LogP contribution in [-0.2, 0) is 4.74 Å². The molecule has 0 spiro atoms. The lowest BCUT2D eigenvalue weighted by molar-refractivity contribution is 0.0198. The molecule has 2 nitrogen and oxygen atoms in total. The molecule has 0 amide bonds. The van der Waals surface area contributed by atoms with Gasteiger partial charge in [-0.05, 0) is 43.5 Å². The highest BCUT2D eigenvalue weighted by molar-refractivity contribution is 9.09. The van der Waals surface area contributed by atoms with Gasteiger partial charge in [0.2, 0.25) is 0 Å². The molecule has 2 atom stereocenters. The lowest BCUT2D eigenvalue weighted by Gasteiger charge is -2.29. The van der Waals surface area contributed by atoms with Crippen molar-refractivity contribution < 1.29 is 9.15 Å². The summed E-state index contributed by atoms with van der Waals surface area (Å²) in [6, 6.07) is 14.6. The highest BCUT2D eigenvalue weighted by Gasteiger charge is 2.37. The topological polar surface area (TPSA) is 22.4 Å². The molecule has 0 saturated carbocycles. The molecule has 0 radical (unpaired) electrons. The molecule has 21 heavy (non-hydrogen) atoms. The van der Waals surface area contributed by atoms with Gasteiger partial charge in [0, 0.05) is 17.4 Å². The molecule has 1 aliphatic heterocycles. The fraction of sp³-hybridized carbons (Fsp3) is 0.333. The second-order valence-electron chi connectivity index (χ2n) is 5.98. The molecule has 0 bridgehead atoms. The summed E-state index contributed by atoms with van der Waals surface area (Å²) in [5.74, 6) is 0. The molecule has 1 aromatic heterocycles. The van der Waals surface area contributed by atoms with Crippen molar-refractivity contribution >= 4 is 37.9 Å². The van der Waals surface area contributed by atoms with Crippen LogP contribution in [0.2, 0.25) is 0 Å². The number of ether oxygens (including phenoxy) is 1. The third-order valence-electron chi connectivity index (χ3n) is 4.48. The summed E-state index contributed by atoms with van der Waals surface area (Å²) in [5.41, 5.74) is 3.02. The molecule has 0 N–H and O–H groups in total. The van der Waals surface area contributed by atoms with Crippen LogP contribution < -0.4 is 0 Å². The Morgan fingerprint density at radius 3 is 2.71 bits per heavy atom. The van der Waals surface area contributed by atoms with Gasteiger partial charge < -0.3 is 9.15 Å². The summed E-state index contributed by atoms with van der Waals surface area (Å²) < 4.78 is 11.9. The van der Waals surface area contributed by atoms with Crippen molar-refractivity contribution in [2.75, 3.05) is 6.61 Å². The molecular formula is C18H17BrO2. The van der Waals surface area contributed by atoms with E-state index in [1.54, 1.807) is 0 Å². The van der Waals surface area contributed by atoms with E-state index in [2.05, 4.69) is 53.2 Å². The molecule has 3 aromatic rings. The standard InChI is InChI=1S/C18H17BrO2/c1-18(9-4-10-20-18)17(19)12-7-8-16-14(11-12)13-5-2-3-6-15(13)21-16/h2-3,5-8,11,17H,4,9-10H2,1H3. The monoisotopic (exact) mass is 344 g/mol. The first-order chi connectivity index (χ1) is 10.2. The van der Waals surface area contributed by atoms with Crippen molar-refractivity contribution in [1.82, 2.24) is 0 Å². The maximum atomic E-state index is 5.97. The van der Waals surface area contributed by atoms with Gasteiger partial charge in [0.25, 0.3) is 0 Å². The van der Waals surface area contributed by atoms with E-state index >= 15 is 0 Å². The zero-order valence-electron chi connectivity index (χ0n) is 11.9. The van der Waals surface area contributed by atoms with Gasteiger partial charge in [-0.3, -0.25) is 0 Å². The zero-order valence-corrected chi connectivity index (χ0v) is 13.5. The van der Waals surface area contributed by atoms with Crippen LogP contribution in [0.25, 0.3) is 21.9 Å². The van der Waals surface area contributed by atoms with Crippen LogP contribution in [-0.4, -0.2) is 12.2 Å². The van der Waals surface area contributed by atoms with Crippen molar-refractivity contribution in [3.8, 4) is 0 Å². The highest BCUT2D eigenvalue weighted by atomic mass is 79.9. The quantitative estimate of drug-likeness (QED) is 0.565. The van der Waals surface area contributed by atoms with Gasteiger partial charge in [0.15, 0.2) is 0 Å². The molecule has 1 fully saturated rings. The second-order valence-corrected chi connectivity index (χ2v) is 6.90. The number of rotatable bonds is 2. The number of hydrogen-bond acceptors (Lipinski definition) is 2. The molecule has 108 valence electrons. The number of benzene rings is 2. The Hall–Kier alpha value is -1.32. The zero-order chi connectivity index (χ0) is 14.4. The number of hydrogen-bond donors (Lipinski definition) is 0. The summed E-state index contributed by atoms with van der Waals surface area (Å²) in [6.07, 6.45) is 2.22. The number of fused-ring (bicyclic) bond motifs is 3. The number of furan rings is 1. The molecular weight excluding hydrogens is 328 g/mol. The van der Waals surface area contributed by atoms with Crippen LogP contribution >= 0.6 is 15.9 Å². The largest absolute Gasteiger partial charge is 0.456 e. The van der Waals surface area contributed by atoms with Crippen LogP contribution in [0.3, 0.4) is 0 Å². The van der Waals surface area contributed by atoms with E-state index in [-0.39, 0.29) is 10.4 Å². The molecule has 2 aromatic carbocycles. The number of para-hydroxylation sites is 1. The van der Waals surface area contributed by atoms with Gasteiger partial charge in [0.05, 0.1) is 10.4 Å². The fourth-order valence-electron chi connectivity index (χ4n) is 3.25. The number of alkyl halides is 1. The van der Waals surface area contributed by atoms with Crippen LogP contribution in [0.1, 0.15) is 30.2 Å². The van der Waals surface area contributed by atoms with Gasteiger partial charge in [-0.25, -0.2) is 0 Å². The first kappa shape index (κ1) is 13.4. The minimum Gasteiger partial charge on any atom is -0.456 e. The summed E-state index contributed by atoms with van der Waals surface area (Å²) >= 11 is 3.85. The van der Waals surface area contributed by atoms with Crippen molar-refractivity contribution in [2.24, 2.45) is 0 Å². The summed E-state index contributed by atoms with van der Waals surface area (Å²) in [7, 11) is 0. The molecule has 2 unspecified atom stereocenters. The minimum atomic E-state index is -0.118. The van der Waals surface area contributed by atoms with E-state index in [0.29, 0.717) is 0 Å². The first-order valence-electron chi connectivity index (χ1n) is 7.37. The van der Waals surface area contributed by atoms with Gasteiger partial charge in [-0.1, -0.05) is 40.2 Å². The Morgan fingerprint density at radius 1 is 1.10 bits per heavy atom. The van der Waals surface area contributed by atoms with Crippen molar-refractivity contribution in [1.29, 1.82) is 0 Å². The van der Waals surface area contributed by atoms with Crippen LogP contribution in [0.5, 0.6) is 0 Å². The van der Waals surface area contributed by atoms with Gasteiger partial charge >= 0.3 is 0 Å². The summed E-state index contributed by atoms with van der Waals surface area (Å²) in [5, 5.41) is 2.35. The predicted octanol–water partition coefficient (Wildman–Crippen LogP) is 5.59. The predicted molar refractivity (Wildman–Crippen MR) is 89.0 cm³/mol. The van der Waals surface area contributed by atoms with E-state index in [4.69, 9.17) is 9.15 Å². The Morgan fingerprint density at radius 2 is 1.90 bits per heavy atom. The van der Waals surface area contributed by atoms with Gasteiger partial charge in [-0.15, -0.1) is 0 Å². The highest BCUT2D eigenvalue weighted by Crippen LogP contribution is 2.44. The van der Waals surface area contributed by atoms with E-state index < -0.39 is 0 Å². The minimum absolute atomic E-state index is 0.118. The van der Waals surface area contributed by atoms with Crippen molar-refractivity contribution in [2.45, 2.75) is 30.2 Å². The first-order valence-corrected chi connectivity index (χ1v) is 8.28. The maximum absolute atomic E-state index is 5.97. The summed E-state index contributed by atoms with van der Waals surface area (Å²) in [6.45, 7) is 3.05. The molecule has 4 rings (SSSR count). The van der Waals surface area contributed by atoms with Crippen molar-refractivity contribution in [3.63, 3.8) is 0 Å². The van der Waals surface area contributed by atoms with Crippen molar-refractivity contribution in [3.05, 3.63) is 48.0 Å². The third kappa shape index (κ3) is 2.11. The van der Waals surface area contributed by atoms with Crippen LogP contribution in [0.15, 0.2) is 46.9 Å². The molecule has 3 heteroatoms. The average molecular weight is 345 g/mol. The molecule has 1 aliphatic rings. The normalized spacial score (nSPS) is 23.9. The van der Waals surface area contributed by atoms with E-state index in [0.717, 1.165) is 30.6 Å². The van der Waals surface area contributed by atoms with E-state index in [1.165, 1.54) is 16.3 Å². The maximum Gasteiger partial charge on any atom is 0.135 e. The van der Waals surface area contributed by atoms with E-state index in [1.807, 2.05) is 12.1 Å². The SMILES string of the molecule is CC1(C(Br)c2ccc3oc4ccccc4c3c2)CCCO1. The lowest BCUT2D eigenvalue weighted by atomic mass is 9.93. The lowest BCUT2D eigenvalue weighted by Crippen LogP contribution is -2.28. The average Bonchev–Trinajstić information content (AvgIpc) is 3.10. The summed E-state index contributed by atoms with van der Waals surface area (Å²) in [4.78, 5) is 0.200. The molecule has 1 saturated heterocycles. The Bertz CT molecular complexity index is 799. The fourth-order valence-corrected chi connectivity index (χ4v) is 3.90. The van der Waals surface area contributed by atoms with Gasteiger partial charge in [0.1, 0.15) is 11.2 Å². The Balaban J connectivity index is 1.84. The smallest absolute Gasteiger partial charge is 0.135 e.